The van der Waals surface area contributed by atoms with Crippen LogP contribution in [0.5, 0.6) is 0 Å². The number of nitrogens with one attached hydrogen (secondary N) is 4. The van der Waals surface area contributed by atoms with E-state index < -0.39 is 30.4 Å². The lowest BCUT2D eigenvalue weighted by atomic mass is 9.80. The fraction of sp³-hybridized carbons (Fsp3) is 0.163. The minimum atomic E-state index is -1.89. The molecule has 13 nitrogen and oxygen atoms in total. The first-order chi connectivity index (χ1) is 33.0. The SMILES string of the molecule is N#Cc1ccc(NCCCCNc2nc(-c3ccc(F)cc3F)nc3ccccc23)nc1.N#Cc1ccc(NCCCCNc2nc(Cl)nc3ccccc23)cc1.OB(O)c1ccc(F)cc1F. The van der Waals surface area contributed by atoms with Crippen LogP contribution in [0.2, 0.25) is 5.28 Å². The monoisotopic (exact) mass is 939 g/mol. The highest BCUT2D eigenvalue weighted by Gasteiger charge is 2.16. The summed E-state index contributed by atoms with van der Waals surface area (Å²) in [5.41, 5.74) is 3.57. The standard InChI is InChI=1S/C24H20F2N6.C19H18ClN5.C6H5BF2O2/c25-17-8-9-18(20(26)13-17)24-31-21-6-2-1-5-19(21)23(32-24)29-12-4-3-11-28-22-10-7-16(14-27)15-30-22;20-19-24-17-6-2-1-5-16(17)18(25-19)23-12-4-3-11-22-15-9-7-14(13-21)8-10-15;8-4-1-2-5(7(10)11)6(9)3-4/h1-2,5-10,13,15H,3-4,11-12H2,(H,28,30)(H,29,31,32);1-2,5-10,22H,3-4,11-12H2,(H,23,24,25);1-3,10-11H. The first kappa shape index (κ1) is 49.5. The third kappa shape index (κ3) is 14.6. The molecular weight excluding hydrogens is 897 g/mol. The number of halogens is 5. The van der Waals surface area contributed by atoms with Crippen molar-refractivity contribution in [2.45, 2.75) is 25.7 Å². The van der Waals surface area contributed by atoms with E-state index in [1.54, 1.807) is 12.1 Å². The van der Waals surface area contributed by atoms with Crippen LogP contribution >= 0.6 is 11.6 Å². The molecule has 0 unspecified atom stereocenters. The van der Waals surface area contributed by atoms with Crippen LogP contribution < -0.4 is 26.7 Å². The van der Waals surface area contributed by atoms with Gasteiger partial charge in [0.2, 0.25) is 5.28 Å². The first-order valence-corrected chi connectivity index (χ1v) is 21.7. The summed E-state index contributed by atoms with van der Waals surface area (Å²) in [5.74, 6) is -0.732. The van der Waals surface area contributed by atoms with Crippen molar-refractivity contribution in [1.82, 2.24) is 24.9 Å². The quantitative estimate of drug-likeness (QED) is 0.0232. The molecule has 0 amide bonds. The Morgan fingerprint density at radius 2 is 1.10 bits per heavy atom. The van der Waals surface area contributed by atoms with Gasteiger partial charge in [0.1, 0.15) is 46.8 Å². The van der Waals surface area contributed by atoms with E-state index in [2.05, 4.69) is 52.3 Å². The number of nitrogens with zero attached hydrogens (tertiary/aromatic N) is 7. The van der Waals surface area contributed by atoms with Crippen molar-refractivity contribution in [3.63, 3.8) is 0 Å². The predicted molar refractivity (Wildman–Crippen MR) is 258 cm³/mol. The summed E-state index contributed by atoms with van der Waals surface area (Å²) in [6.45, 7) is 3.08. The van der Waals surface area contributed by atoms with Crippen LogP contribution in [0.25, 0.3) is 33.2 Å². The topological polar surface area (TPSA) is 201 Å². The molecule has 0 fully saturated rings. The molecule has 8 rings (SSSR count). The predicted octanol–water partition coefficient (Wildman–Crippen LogP) is 9.25. The van der Waals surface area contributed by atoms with Gasteiger partial charge in [-0.2, -0.15) is 10.5 Å². The van der Waals surface area contributed by atoms with Crippen molar-refractivity contribution in [1.29, 1.82) is 10.5 Å². The van der Waals surface area contributed by atoms with Gasteiger partial charge in [0.25, 0.3) is 0 Å². The zero-order valence-electron chi connectivity index (χ0n) is 36.3. The Labute approximate surface area is 394 Å². The van der Waals surface area contributed by atoms with Crippen LogP contribution in [0.15, 0.2) is 128 Å². The second kappa shape index (κ2) is 25.1. The molecule has 3 heterocycles. The van der Waals surface area contributed by atoms with E-state index >= 15 is 0 Å². The lowest BCUT2D eigenvalue weighted by molar-refractivity contribution is 0.422. The van der Waals surface area contributed by atoms with Gasteiger partial charge in [-0.1, -0.05) is 30.3 Å². The summed E-state index contributed by atoms with van der Waals surface area (Å²) in [5, 5.41) is 49.9. The molecule has 0 atom stereocenters. The number of hydrogen-bond donors (Lipinski definition) is 6. The summed E-state index contributed by atoms with van der Waals surface area (Å²) in [7, 11) is -1.89. The molecule has 68 heavy (non-hydrogen) atoms. The van der Waals surface area contributed by atoms with Crippen molar-refractivity contribution in [2.24, 2.45) is 0 Å². The molecule has 0 bridgehead atoms. The Bertz CT molecular complexity index is 3010. The molecule has 0 radical (unpaired) electrons. The number of pyridine rings is 1. The highest BCUT2D eigenvalue weighted by atomic mass is 35.5. The van der Waals surface area contributed by atoms with Gasteiger partial charge in [-0.05, 0) is 116 Å². The molecule has 5 aromatic carbocycles. The number of benzene rings is 5. The Hall–Kier alpha value is -7.90. The zero-order valence-corrected chi connectivity index (χ0v) is 37.0. The number of nitriles is 2. The zero-order chi connectivity index (χ0) is 48.3. The molecule has 8 aromatic rings. The maximum atomic E-state index is 14.3. The van der Waals surface area contributed by atoms with Gasteiger partial charge in [-0.15, -0.1) is 0 Å². The molecule has 0 aliphatic carbocycles. The van der Waals surface area contributed by atoms with Crippen molar-refractivity contribution < 1.29 is 27.6 Å². The van der Waals surface area contributed by atoms with E-state index in [4.69, 9.17) is 32.2 Å². The van der Waals surface area contributed by atoms with Gasteiger partial charge in [0.05, 0.1) is 33.8 Å². The second-order valence-electron chi connectivity index (χ2n) is 14.8. The number of rotatable bonds is 16. The molecule has 0 aliphatic rings. The molecule has 0 saturated carbocycles. The van der Waals surface area contributed by atoms with Crippen molar-refractivity contribution in [2.75, 3.05) is 47.4 Å². The molecule has 6 N–H and O–H groups in total. The van der Waals surface area contributed by atoms with Gasteiger partial charge in [-0.25, -0.2) is 42.5 Å². The molecule has 19 heteroatoms. The lowest BCUT2D eigenvalue weighted by Crippen LogP contribution is -2.32. The fourth-order valence-electron chi connectivity index (χ4n) is 6.49. The highest BCUT2D eigenvalue weighted by molar-refractivity contribution is 6.58. The van der Waals surface area contributed by atoms with Crippen LogP contribution in [-0.4, -0.2) is 68.3 Å². The number of fused-ring (bicyclic) bond motifs is 2. The van der Waals surface area contributed by atoms with E-state index in [0.717, 1.165) is 97.1 Å². The smallest absolute Gasteiger partial charge is 0.423 e. The normalized spacial score (nSPS) is 10.4. The molecule has 0 aliphatic heterocycles. The van der Waals surface area contributed by atoms with Crippen LogP contribution in [0.3, 0.4) is 0 Å². The van der Waals surface area contributed by atoms with E-state index in [-0.39, 0.29) is 22.1 Å². The van der Waals surface area contributed by atoms with E-state index in [1.165, 1.54) is 18.3 Å². The number of para-hydroxylation sites is 2. The first-order valence-electron chi connectivity index (χ1n) is 21.3. The molecule has 0 saturated heterocycles. The summed E-state index contributed by atoms with van der Waals surface area (Å²) in [6.07, 6.45) is 5.30. The van der Waals surface area contributed by atoms with E-state index in [1.807, 2.05) is 78.9 Å². The van der Waals surface area contributed by atoms with E-state index in [0.29, 0.717) is 35.1 Å². The van der Waals surface area contributed by atoms with Crippen molar-refractivity contribution >= 4 is 69.1 Å². The minimum absolute atomic E-state index is 0.152. The average molecular weight is 940 g/mol. The van der Waals surface area contributed by atoms with E-state index in [9.17, 15) is 17.6 Å². The van der Waals surface area contributed by atoms with Gasteiger partial charge >= 0.3 is 7.12 Å². The number of anilines is 4. The van der Waals surface area contributed by atoms with Crippen LogP contribution in [0.1, 0.15) is 36.8 Å². The molecule has 0 spiro atoms. The molecular formula is C49H43BClF4N11O2. The number of unbranched alkanes of at least 4 members (excludes halogenated alkanes) is 2. The number of aromatic nitrogens is 5. The number of hydrogen-bond acceptors (Lipinski definition) is 13. The average Bonchev–Trinajstić information content (AvgIpc) is 3.34. The van der Waals surface area contributed by atoms with Crippen LogP contribution in [-0.2, 0) is 0 Å². The van der Waals surface area contributed by atoms with Gasteiger partial charge in [-0.3, -0.25) is 0 Å². The van der Waals surface area contributed by atoms with Gasteiger partial charge in [0, 0.05) is 66.4 Å². The van der Waals surface area contributed by atoms with Gasteiger partial charge < -0.3 is 31.3 Å². The van der Waals surface area contributed by atoms with Crippen LogP contribution in [0.4, 0.5) is 40.7 Å². The van der Waals surface area contributed by atoms with Crippen molar-refractivity contribution in [3.8, 4) is 23.5 Å². The Kier molecular flexibility index (Phi) is 18.3. The summed E-state index contributed by atoms with van der Waals surface area (Å²) in [6, 6.07) is 36.3. The Balaban J connectivity index is 0.000000187. The maximum Gasteiger partial charge on any atom is 0.491 e. The summed E-state index contributed by atoms with van der Waals surface area (Å²) < 4.78 is 52.3. The summed E-state index contributed by atoms with van der Waals surface area (Å²) in [4.78, 5) is 21.6. The van der Waals surface area contributed by atoms with Gasteiger partial charge in [0.15, 0.2) is 5.82 Å². The molecule has 344 valence electrons. The Morgan fingerprint density at radius 1 is 0.559 bits per heavy atom. The third-order valence-electron chi connectivity index (χ3n) is 9.93. The highest BCUT2D eigenvalue weighted by Crippen LogP contribution is 2.27. The third-order valence-corrected chi connectivity index (χ3v) is 10.1. The lowest BCUT2D eigenvalue weighted by Gasteiger charge is -2.12. The Morgan fingerprint density at radius 3 is 1.68 bits per heavy atom. The van der Waals surface area contributed by atoms with Crippen LogP contribution in [0, 0.1) is 45.9 Å². The fourth-order valence-corrected chi connectivity index (χ4v) is 6.66. The molecule has 3 aromatic heterocycles. The van der Waals surface area contributed by atoms with Crippen molar-refractivity contribution in [3.05, 3.63) is 167 Å². The summed E-state index contributed by atoms with van der Waals surface area (Å²) >= 11 is 5.98. The maximum absolute atomic E-state index is 14.3. The largest absolute Gasteiger partial charge is 0.491 e. The minimum Gasteiger partial charge on any atom is -0.423 e. The second-order valence-corrected chi connectivity index (χ2v) is 15.1.